The zero-order valence-electron chi connectivity index (χ0n) is 17.3. The van der Waals surface area contributed by atoms with Crippen LogP contribution in [0.2, 0.25) is 0 Å². The Morgan fingerprint density at radius 2 is 1.88 bits per heavy atom. The summed E-state index contributed by atoms with van der Waals surface area (Å²) in [7, 11) is 0. The number of thiocarbonyl (C=S) groups is 1. The Kier molecular flexibility index (Phi) is 7.74. The Morgan fingerprint density at radius 3 is 2.55 bits per heavy atom. The molecule has 0 atom stereocenters. The molecule has 0 spiro atoms. The zero-order chi connectivity index (χ0) is 24.0. The fraction of sp³-hybridized carbons (Fsp3) is 0.143. The molecular formula is C21H18N4O6S2. The maximum Gasteiger partial charge on any atom is 0.282 e. The minimum Gasteiger partial charge on any atom is -0.494 e. The molecule has 0 bridgehead atoms. The molecule has 1 saturated heterocycles. The van der Waals surface area contributed by atoms with Crippen LogP contribution in [0, 0.1) is 10.1 Å². The highest BCUT2D eigenvalue weighted by Gasteiger charge is 2.33. The van der Waals surface area contributed by atoms with Gasteiger partial charge in [0.15, 0.2) is 0 Å². The van der Waals surface area contributed by atoms with Gasteiger partial charge < -0.3 is 4.74 Å². The van der Waals surface area contributed by atoms with Crippen LogP contribution in [0.3, 0.4) is 0 Å². The average molecular weight is 487 g/mol. The third kappa shape index (κ3) is 5.93. The van der Waals surface area contributed by atoms with Gasteiger partial charge in [0.05, 0.1) is 16.4 Å². The predicted molar refractivity (Wildman–Crippen MR) is 126 cm³/mol. The average Bonchev–Trinajstić information content (AvgIpc) is 3.06. The second kappa shape index (κ2) is 10.7. The molecule has 1 fully saturated rings. The number of carbonyl (C=O) groups excluding carboxylic acids is 3. The fourth-order valence-electron chi connectivity index (χ4n) is 2.82. The molecule has 0 aromatic heterocycles. The van der Waals surface area contributed by atoms with Gasteiger partial charge in [-0.05, 0) is 36.8 Å². The summed E-state index contributed by atoms with van der Waals surface area (Å²) in [5, 5.41) is 11.0. The Bertz CT molecular complexity index is 1150. The summed E-state index contributed by atoms with van der Waals surface area (Å²) >= 11 is 6.26. The highest BCUT2D eigenvalue weighted by atomic mass is 32.2. The number of nitrogens with one attached hydrogen (secondary N) is 2. The largest absolute Gasteiger partial charge is 0.494 e. The van der Waals surface area contributed by atoms with Crippen molar-refractivity contribution in [3.05, 3.63) is 74.7 Å². The van der Waals surface area contributed by atoms with Crippen molar-refractivity contribution in [2.45, 2.75) is 6.92 Å². The summed E-state index contributed by atoms with van der Waals surface area (Å²) in [4.78, 5) is 48.9. The second-order valence-corrected chi connectivity index (χ2v) is 8.22. The summed E-state index contributed by atoms with van der Waals surface area (Å²) in [5.74, 6) is -1.32. The number of nitrogens with zero attached hydrogens (tertiary/aromatic N) is 2. The smallest absolute Gasteiger partial charge is 0.282 e. The number of carbonyl (C=O) groups is 3. The monoisotopic (exact) mass is 486 g/mol. The molecular weight excluding hydrogens is 468 g/mol. The van der Waals surface area contributed by atoms with E-state index in [1.807, 2.05) is 6.92 Å². The Labute approximate surface area is 198 Å². The topological polar surface area (TPSA) is 131 Å². The molecule has 1 aliphatic rings. The van der Waals surface area contributed by atoms with Crippen LogP contribution < -0.4 is 15.6 Å². The van der Waals surface area contributed by atoms with Crippen LogP contribution in [0.25, 0.3) is 6.08 Å². The number of thioether (sulfide) groups is 1. The lowest BCUT2D eigenvalue weighted by Gasteiger charge is -2.14. The van der Waals surface area contributed by atoms with E-state index in [4.69, 9.17) is 17.0 Å². The third-order valence-corrected chi connectivity index (χ3v) is 5.70. The van der Waals surface area contributed by atoms with Gasteiger partial charge in [-0.3, -0.25) is 40.2 Å². The molecule has 2 aromatic carbocycles. The van der Waals surface area contributed by atoms with E-state index >= 15 is 0 Å². The molecule has 2 N–H and O–H groups in total. The number of para-hydroxylation sites is 1. The number of amides is 3. The summed E-state index contributed by atoms with van der Waals surface area (Å²) in [6.45, 7) is 2.00. The first-order valence-electron chi connectivity index (χ1n) is 9.61. The van der Waals surface area contributed by atoms with Crippen LogP contribution in [-0.2, 0) is 9.59 Å². The predicted octanol–water partition coefficient (Wildman–Crippen LogP) is 2.66. The lowest BCUT2D eigenvalue weighted by molar-refractivity contribution is -0.385. The van der Waals surface area contributed by atoms with Gasteiger partial charge >= 0.3 is 0 Å². The molecule has 0 aliphatic carbocycles. The normalized spacial score (nSPS) is 14.3. The van der Waals surface area contributed by atoms with Gasteiger partial charge in [0.25, 0.3) is 23.4 Å². The fourth-order valence-corrected chi connectivity index (χ4v) is 4.07. The van der Waals surface area contributed by atoms with Crippen molar-refractivity contribution in [2.24, 2.45) is 0 Å². The van der Waals surface area contributed by atoms with Crippen LogP contribution >= 0.6 is 24.0 Å². The third-order valence-electron chi connectivity index (χ3n) is 4.32. The molecule has 170 valence electrons. The highest BCUT2D eigenvalue weighted by Crippen LogP contribution is 2.32. The van der Waals surface area contributed by atoms with Crippen molar-refractivity contribution >= 4 is 57.8 Å². The first kappa shape index (κ1) is 23.9. The van der Waals surface area contributed by atoms with Gasteiger partial charge in [0, 0.05) is 6.07 Å². The van der Waals surface area contributed by atoms with Gasteiger partial charge in [-0.2, -0.15) is 0 Å². The maximum atomic E-state index is 12.7. The molecule has 10 nitrogen and oxygen atoms in total. The summed E-state index contributed by atoms with van der Waals surface area (Å²) in [6.07, 6.45) is 1.66. The van der Waals surface area contributed by atoms with Gasteiger partial charge in [0.2, 0.25) is 0 Å². The first-order valence-corrected chi connectivity index (χ1v) is 10.8. The van der Waals surface area contributed by atoms with Crippen LogP contribution in [0.4, 0.5) is 5.69 Å². The number of hydrogen-bond donors (Lipinski definition) is 2. The first-order chi connectivity index (χ1) is 15.8. The van der Waals surface area contributed by atoms with E-state index in [0.717, 1.165) is 22.2 Å². The summed E-state index contributed by atoms with van der Waals surface area (Å²) in [5.41, 5.74) is 4.39. The number of nitro groups is 1. The van der Waals surface area contributed by atoms with Crippen molar-refractivity contribution < 1.29 is 24.0 Å². The number of rotatable bonds is 7. The minimum absolute atomic E-state index is 0.192. The molecule has 33 heavy (non-hydrogen) atoms. The van der Waals surface area contributed by atoms with Crippen molar-refractivity contribution in [1.29, 1.82) is 0 Å². The van der Waals surface area contributed by atoms with Crippen molar-refractivity contribution in [2.75, 3.05) is 13.2 Å². The quantitative estimate of drug-likeness (QED) is 0.264. The Morgan fingerprint density at radius 1 is 1.18 bits per heavy atom. The van der Waals surface area contributed by atoms with Gasteiger partial charge in [-0.15, -0.1) is 0 Å². The molecule has 1 aliphatic heterocycles. The van der Waals surface area contributed by atoms with Crippen LogP contribution in [0.1, 0.15) is 22.8 Å². The second-order valence-electron chi connectivity index (χ2n) is 6.55. The van der Waals surface area contributed by atoms with Gasteiger partial charge in [-0.1, -0.05) is 48.2 Å². The standard InChI is InChI=1S/C21H18N4O6S2/c1-2-31-14-9-7-13(8-10-14)11-17-20(28)24(21(32)33-17)12-18(26)22-23-19(27)15-5-3-4-6-16(15)25(29)30/h3-11H,2,12H2,1H3,(H,22,26)(H,23,27). The van der Waals surface area contributed by atoms with Crippen molar-refractivity contribution in [3.8, 4) is 5.75 Å². The van der Waals surface area contributed by atoms with E-state index in [1.54, 1.807) is 30.3 Å². The molecule has 1 heterocycles. The number of ether oxygens (including phenoxy) is 1. The zero-order valence-corrected chi connectivity index (χ0v) is 18.9. The molecule has 3 amide bonds. The van der Waals surface area contributed by atoms with E-state index in [1.165, 1.54) is 24.3 Å². The van der Waals surface area contributed by atoms with Crippen LogP contribution in [-0.4, -0.2) is 45.0 Å². The minimum atomic E-state index is -0.864. The van der Waals surface area contributed by atoms with E-state index in [2.05, 4.69) is 10.9 Å². The molecule has 2 aromatic rings. The Balaban J connectivity index is 1.60. The van der Waals surface area contributed by atoms with E-state index < -0.39 is 34.9 Å². The SMILES string of the molecule is CCOc1ccc(C=C2SC(=S)N(CC(=O)NNC(=O)c3ccccc3[N+](=O)[O-])C2=O)cc1. The van der Waals surface area contributed by atoms with Crippen molar-refractivity contribution in [3.63, 3.8) is 0 Å². The maximum absolute atomic E-state index is 12.7. The number of nitro benzene ring substituents is 1. The lowest BCUT2D eigenvalue weighted by atomic mass is 10.2. The molecule has 0 unspecified atom stereocenters. The van der Waals surface area contributed by atoms with Crippen LogP contribution in [0.15, 0.2) is 53.4 Å². The molecule has 0 radical (unpaired) electrons. The number of benzene rings is 2. The molecule has 3 rings (SSSR count). The highest BCUT2D eigenvalue weighted by molar-refractivity contribution is 8.26. The van der Waals surface area contributed by atoms with E-state index in [9.17, 15) is 24.5 Å². The lowest BCUT2D eigenvalue weighted by Crippen LogP contribution is -2.47. The molecule has 12 heteroatoms. The van der Waals surface area contributed by atoms with Gasteiger partial charge in [-0.25, -0.2) is 0 Å². The summed E-state index contributed by atoms with van der Waals surface area (Å²) < 4.78 is 5.58. The number of hydrogen-bond acceptors (Lipinski definition) is 8. The molecule has 0 saturated carbocycles. The Hall–Kier alpha value is -3.77. The van der Waals surface area contributed by atoms with Crippen LogP contribution in [0.5, 0.6) is 5.75 Å². The van der Waals surface area contributed by atoms with E-state index in [-0.39, 0.29) is 9.88 Å². The van der Waals surface area contributed by atoms with E-state index in [0.29, 0.717) is 17.3 Å². The summed E-state index contributed by atoms with van der Waals surface area (Å²) in [6, 6.07) is 12.5. The van der Waals surface area contributed by atoms with Crippen molar-refractivity contribution in [1.82, 2.24) is 15.8 Å². The van der Waals surface area contributed by atoms with Gasteiger partial charge in [0.1, 0.15) is 22.2 Å². The number of hydrazine groups is 1.